The second-order valence-corrected chi connectivity index (χ2v) is 7.48. The summed E-state index contributed by atoms with van der Waals surface area (Å²) in [5, 5.41) is 0. The number of benzene rings is 2. The maximum Gasteiger partial charge on any atom is 0.253 e. The van der Waals surface area contributed by atoms with Gasteiger partial charge in [-0.15, -0.1) is 0 Å². The highest BCUT2D eigenvalue weighted by Gasteiger charge is 2.25. The van der Waals surface area contributed by atoms with Gasteiger partial charge in [0.25, 0.3) is 5.91 Å². The fourth-order valence-corrected chi connectivity index (χ4v) is 3.91. The molecule has 1 amide bonds. The Kier molecular flexibility index (Phi) is 5.57. The molecule has 2 atom stereocenters. The lowest BCUT2D eigenvalue weighted by molar-refractivity contribution is 0.0759. The Morgan fingerprint density at radius 1 is 1.00 bits per heavy atom. The molecule has 0 spiro atoms. The van der Waals surface area contributed by atoms with Gasteiger partial charge < -0.3 is 4.90 Å². The first-order chi connectivity index (χ1) is 12.1. The van der Waals surface area contributed by atoms with E-state index in [2.05, 4.69) is 62.1 Å². The lowest BCUT2D eigenvalue weighted by Gasteiger charge is -2.24. The normalized spacial score (nSPS) is 19.3. The molecule has 1 saturated heterocycles. The van der Waals surface area contributed by atoms with Crippen LogP contribution in [0, 0.1) is 19.8 Å². The van der Waals surface area contributed by atoms with E-state index in [-0.39, 0.29) is 5.91 Å². The van der Waals surface area contributed by atoms with Crippen molar-refractivity contribution in [2.24, 2.45) is 5.92 Å². The van der Waals surface area contributed by atoms with Crippen LogP contribution in [0.2, 0.25) is 0 Å². The van der Waals surface area contributed by atoms with E-state index in [4.69, 9.17) is 0 Å². The van der Waals surface area contributed by atoms with Crippen LogP contribution in [0.4, 0.5) is 0 Å². The number of likely N-dealkylation sites (tertiary alicyclic amines) is 1. The van der Waals surface area contributed by atoms with Gasteiger partial charge in [-0.3, -0.25) is 4.79 Å². The molecule has 0 aromatic heterocycles. The van der Waals surface area contributed by atoms with Crippen molar-refractivity contribution in [1.29, 1.82) is 0 Å². The summed E-state index contributed by atoms with van der Waals surface area (Å²) in [6, 6.07) is 16.8. The molecule has 0 radical (unpaired) electrons. The molecular weight excluding hydrogens is 306 g/mol. The van der Waals surface area contributed by atoms with Crippen molar-refractivity contribution < 1.29 is 4.79 Å². The zero-order chi connectivity index (χ0) is 17.8. The van der Waals surface area contributed by atoms with E-state index >= 15 is 0 Å². The van der Waals surface area contributed by atoms with Gasteiger partial charge in [-0.2, -0.15) is 0 Å². The summed E-state index contributed by atoms with van der Waals surface area (Å²) in [4.78, 5) is 14.9. The SMILES string of the molecule is Cc1ccc(C(=O)N2CCCC(C(C)c3ccccc3)CC2)cc1C. The maximum absolute atomic E-state index is 12.9. The summed E-state index contributed by atoms with van der Waals surface area (Å²) in [5.74, 6) is 1.40. The van der Waals surface area contributed by atoms with Gasteiger partial charge in [0.1, 0.15) is 0 Å². The Morgan fingerprint density at radius 3 is 2.48 bits per heavy atom. The van der Waals surface area contributed by atoms with Gasteiger partial charge in [0.05, 0.1) is 0 Å². The smallest absolute Gasteiger partial charge is 0.253 e. The molecule has 1 aliphatic rings. The quantitative estimate of drug-likeness (QED) is 0.740. The van der Waals surface area contributed by atoms with Gasteiger partial charge in [-0.25, -0.2) is 0 Å². The molecule has 132 valence electrons. The second-order valence-electron chi connectivity index (χ2n) is 7.48. The number of hydrogen-bond acceptors (Lipinski definition) is 1. The number of carbonyl (C=O) groups is 1. The average molecular weight is 335 g/mol. The van der Waals surface area contributed by atoms with Crippen molar-refractivity contribution in [3.63, 3.8) is 0 Å². The topological polar surface area (TPSA) is 20.3 Å². The van der Waals surface area contributed by atoms with Crippen LogP contribution in [0.15, 0.2) is 48.5 Å². The summed E-state index contributed by atoms with van der Waals surface area (Å²) in [6.07, 6.45) is 3.39. The van der Waals surface area contributed by atoms with Crippen LogP contribution in [-0.4, -0.2) is 23.9 Å². The van der Waals surface area contributed by atoms with Crippen molar-refractivity contribution in [3.8, 4) is 0 Å². The maximum atomic E-state index is 12.9. The summed E-state index contributed by atoms with van der Waals surface area (Å²) < 4.78 is 0. The summed E-state index contributed by atoms with van der Waals surface area (Å²) in [5.41, 5.74) is 4.68. The molecule has 3 rings (SSSR count). The average Bonchev–Trinajstić information content (AvgIpc) is 2.89. The fourth-order valence-electron chi connectivity index (χ4n) is 3.91. The molecule has 0 aliphatic carbocycles. The summed E-state index contributed by atoms with van der Waals surface area (Å²) in [6.45, 7) is 8.25. The molecule has 0 saturated carbocycles. The molecule has 0 N–H and O–H groups in total. The summed E-state index contributed by atoms with van der Waals surface area (Å²) in [7, 11) is 0. The van der Waals surface area contributed by atoms with Crippen LogP contribution in [0.25, 0.3) is 0 Å². The Labute approximate surface area is 151 Å². The van der Waals surface area contributed by atoms with Crippen LogP contribution in [0.1, 0.15) is 59.2 Å². The van der Waals surface area contributed by atoms with Gasteiger partial charge in [0, 0.05) is 18.7 Å². The number of aryl methyl sites for hydroxylation is 2. The van der Waals surface area contributed by atoms with Crippen LogP contribution >= 0.6 is 0 Å². The number of hydrogen-bond donors (Lipinski definition) is 0. The predicted octanol–water partition coefficient (Wildman–Crippen LogP) is 5.35. The molecule has 1 aliphatic heterocycles. The van der Waals surface area contributed by atoms with Crippen molar-refractivity contribution >= 4 is 5.91 Å². The van der Waals surface area contributed by atoms with Crippen molar-refractivity contribution in [2.45, 2.75) is 46.0 Å². The molecule has 2 heteroatoms. The minimum Gasteiger partial charge on any atom is -0.339 e. The Morgan fingerprint density at radius 2 is 1.76 bits per heavy atom. The van der Waals surface area contributed by atoms with Gasteiger partial charge in [0.2, 0.25) is 0 Å². The highest BCUT2D eigenvalue weighted by molar-refractivity contribution is 5.94. The van der Waals surface area contributed by atoms with Crippen molar-refractivity contribution in [1.82, 2.24) is 4.90 Å². The van der Waals surface area contributed by atoms with Crippen LogP contribution in [0.3, 0.4) is 0 Å². The minimum absolute atomic E-state index is 0.191. The zero-order valence-electron chi connectivity index (χ0n) is 15.7. The molecule has 25 heavy (non-hydrogen) atoms. The monoisotopic (exact) mass is 335 g/mol. The van der Waals surface area contributed by atoms with E-state index in [0.717, 1.165) is 31.5 Å². The Bertz CT molecular complexity index is 722. The number of nitrogens with zero attached hydrogens (tertiary/aromatic N) is 1. The van der Waals surface area contributed by atoms with E-state index in [9.17, 15) is 4.79 Å². The predicted molar refractivity (Wildman–Crippen MR) is 104 cm³/mol. The molecule has 2 unspecified atom stereocenters. The molecular formula is C23H29NO. The van der Waals surface area contributed by atoms with Gasteiger partial charge in [-0.05, 0) is 73.8 Å². The van der Waals surface area contributed by atoms with E-state index in [1.165, 1.54) is 23.1 Å². The third-order valence-corrected chi connectivity index (χ3v) is 5.85. The Hall–Kier alpha value is -2.09. The van der Waals surface area contributed by atoms with Crippen LogP contribution in [0.5, 0.6) is 0 Å². The first kappa shape index (κ1) is 17.7. The third kappa shape index (κ3) is 4.12. The van der Waals surface area contributed by atoms with Crippen LogP contribution < -0.4 is 0 Å². The first-order valence-corrected chi connectivity index (χ1v) is 9.47. The first-order valence-electron chi connectivity index (χ1n) is 9.47. The highest BCUT2D eigenvalue weighted by atomic mass is 16.2. The lowest BCUT2D eigenvalue weighted by Crippen LogP contribution is -2.32. The molecule has 1 heterocycles. The number of carbonyl (C=O) groups excluding carboxylic acids is 1. The van der Waals surface area contributed by atoms with Gasteiger partial charge in [0.15, 0.2) is 0 Å². The van der Waals surface area contributed by atoms with Crippen LogP contribution in [-0.2, 0) is 0 Å². The zero-order valence-corrected chi connectivity index (χ0v) is 15.7. The Balaban J connectivity index is 1.67. The summed E-state index contributed by atoms with van der Waals surface area (Å²) >= 11 is 0. The minimum atomic E-state index is 0.191. The highest BCUT2D eigenvalue weighted by Crippen LogP contribution is 2.32. The molecule has 2 aromatic carbocycles. The third-order valence-electron chi connectivity index (χ3n) is 5.85. The van der Waals surface area contributed by atoms with Crippen molar-refractivity contribution in [3.05, 3.63) is 70.8 Å². The standard InChI is InChI=1S/C23H29NO/c1-17-11-12-22(16-18(17)2)23(25)24-14-7-10-21(13-15-24)19(3)20-8-5-4-6-9-20/h4-6,8-9,11-12,16,19,21H,7,10,13-15H2,1-3H3. The fraction of sp³-hybridized carbons (Fsp3) is 0.435. The molecule has 0 bridgehead atoms. The molecule has 1 fully saturated rings. The van der Waals surface area contributed by atoms with E-state index in [1.54, 1.807) is 0 Å². The second kappa shape index (κ2) is 7.86. The van der Waals surface area contributed by atoms with Gasteiger partial charge >= 0.3 is 0 Å². The van der Waals surface area contributed by atoms with Gasteiger partial charge in [-0.1, -0.05) is 43.3 Å². The number of rotatable bonds is 3. The van der Waals surface area contributed by atoms with E-state index < -0.39 is 0 Å². The molecule has 2 aromatic rings. The lowest BCUT2D eigenvalue weighted by atomic mass is 9.83. The van der Waals surface area contributed by atoms with Crippen molar-refractivity contribution in [2.75, 3.05) is 13.1 Å². The largest absolute Gasteiger partial charge is 0.339 e. The number of amides is 1. The van der Waals surface area contributed by atoms with E-state index in [0.29, 0.717) is 11.8 Å². The van der Waals surface area contributed by atoms with E-state index in [1.807, 2.05) is 12.1 Å². The molecule has 2 nitrogen and oxygen atoms in total.